The van der Waals surface area contributed by atoms with Crippen molar-refractivity contribution in [3.63, 3.8) is 0 Å². The van der Waals surface area contributed by atoms with Gasteiger partial charge in [-0.15, -0.1) is 0 Å². The van der Waals surface area contributed by atoms with Crippen LogP contribution in [-0.2, 0) is 33.4 Å². The molecule has 8 nitrogen and oxygen atoms in total. The fourth-order valence-corrected chi connectivity index (χ4v) is 1.89. The van der Waals surface area contributed by atoms with Crippen LogP contribution in [0.15, 0.2) is 0 Å². The number of esters is 2. The molecule has 0 aromatic heterocycles. The van der Waals surface area contributed by atoms with Crippen LogP contribution in [-0.4, -0.2) is 51.5 Å². The molecule has 2 atom stereocenters. The van der Waals surface area contributed by atoms with E-state index in [-0.39, 0.29) is 13.0 Å². The number of nitrogens with two attached hydrogens (primary N) is 1. The second-order valence-electron chi connectivity index (χ2n) is 5.81. The van der Waals surface area contributed by atoms with Gasteiger partial charge in [0.15, 0.2) is 0 Å². The molecule has 0 saturated carbocycles. The summed E-state index contributed by atoms with van der Waals surface area (Å²) in [6.07, 6.45) is 0.730. The van der Waals surface area contributed by atoms with Gasteiger partial charge >= 0.3 is 11.9 Å². The van der Waals surface area contributed by atoms with E-state index in [1.807, 2.05) is 0 Å². The van der Waals surface area contributed by atoms with Gasteiger partial charge in [-0.1, -0.05) is 0 Å². The SMILES string of the molecule is CCOC(=O)C(N)CC(COS(C)(=O)=O)C(=O)OC(C)(C)C. The summed E-state index contributed by atoms with van der Waals surface area (Å²) in [5.41, 5.74) is 4.90. The average molecular weight is 339 g/mol. The van der Waals surface area contributed by atoms with Crippen LogP contribution in [0.1, 0.15) is 34.1 Å². The number of rotatable bonds is 8. The molecule has 0 saturated heterocycles. The fourth-order valence-electron chi connectivity index (χ4n) is 1.48. The van der Waals surface area contributed by atoms with Crippen LogP contribution in [0.4, 0.5) is 0 Å². The monoisotopic (exact) mass is 339 g/mol. The molecule has 0 heterocycles. The van der Waals surface area contributed by atoms with Gasteiger partial charge in [-0.25, -0.2) is 0 Å². The molecular formula is C13H25NO7S. The molecule has 0 aliphatic rings. The Morgan fingerprint density at radius 3 is 2.14 bits per heavy atom. The molecule has 0 spiro atoms. The predicted octanol–water partition coefficient (Wildman–Crippen LogP) is 0.201. The van der Waals surface area contributed by atoms with Crippen molar-refractivity contribution < 1.29 is 31.7 Å². The molecule has 0 aliphatic carbocycles. The van der Waals surface area contributed by atoms with Crippen molar-refractivity contribution in [2.24, 2.45) is 11.7 Å². The lowest BCUT2D eigenvalue weighted by molar-refractivity contribution is -0.161. The molecule has 22 heavy (non-hydrogen) atoms. The smallest absolute Gasteiger partial charge is 0.322 e. The molecular weight excluding hydrogens is 314 g/mol. The lowest BCUT2D eigenvalue weighted by atomic mass is 10.0. The molecule has 0 bridgehead atoms. The minimum atomic E-state index is -3.73. The number of ether oxygens (including phenoxy) is 2. The van der Waals surface area contributed by atoms with Gasteiger partial charge in [-0.2, -0.15) is 8.42 Å². The van der Waals surface area contributed by atoms with Gasteiger partial charge in [0.1, 0.15) is 11.6 Å². The quantitative estimate of drug-likeness (QED) is 0.491. The van der Waals surface area contributed by atoms with Gasteiger partial charge in [0.2, 0.25) is 0 Å². The van der Waals surface area contributed by atoms with E-state index >= 15 is 0 Å². The molecule has 0 fully saturated rings. The lowest BCUT2D eigenvalue weighted by Gasteiger charge is -2.24. The molecule has 0 amide bonds. The van der Waals surface area contributed by atoms with Crippen LogP contribution >= 0.6 is 0 Å². The molecule has 0 aromatic carbocycles. The molecule has 9 heteroatoms. The fraction of sp³-hybridized carbons (Fsp3) is 0.846. The zero-order chi connectivity index (χ0) is 17.6. The first-order chi connectivity index (χ1) is 9.85. The first kappa shape index (κ1) is 20.8. The third-order valence-corrected chi connectivity index (χ3v) is 2.92. The molecule has 0 aromatic rings. The number of carbonyl (C=O) groups excluding carboxylic acids is 2. The largest absolute Gasteiger partial charge is 0.465 e. The maximum atomic E-state index is 12.1. The van der Waals surface area contributed by atoms with E-state index in [4.69, 9.17) is 15.2 Å². The van der Waals surface area contributed by atoms with Crippen LogP contribution in [0.3, 0.4) is 0 Å². The highest BCUT2D eigenvalue weighted by molar-refractivity contribution is 7.85. The van der Waals surface area contributed by atoms with E-state index < -0.39 is 46.2 Å². The summed E-state index contributed by atoms with van der Waals surface area (Å²) >= 11 is 0. The molecule has 0 aliphatic heterocycles. The zero-order valence-electron chi connectivity index (χ0n) is 13.6. The molecule has 2 N–H and O–H groups in total. The maximum absolute atomic E-state index is 12.1. The number of hydrogen-bond acceptors (Lipinski definition) is 8. The summed E-state index contributed by atoms with van der Waals surface area (Å²) in [6, 6.07) is -1.07. The van der Waals surface area contributed by atoms with Crippen LogP contribution in [0.2, 0.25) is 0 Å². The summed E-state index contributed by atoms with van der Waals surface area (Å²) in [5, 5.41) is 0. The summed E-state index contributed by atoms with van der Waals surface area (Å²) in [6.45, 7) is 6.35. The Kier molecular flexibility index (Phi) is 7.99. The predicted molar refractivity (Wildman–Crippen MR) is 79.4 cm³/mol. The van der Waals surface area contributed by atoms with E-state index in [2.05, 4.69) is 4.18 Å². The summed E-state index contributed by atoms with van der Waals surface area (Å²) < 4.78 is 36.7. The van der Waals surface area contributed by atoms with Crippen molar-refractivity contribution in [1.29, 1.82) is 0 Å². The normalized spacial score (nSPS) is 15.0. The van der Waals surface area contributed by atoms with E-state index in [0.29, 0.717) is 0 Å². The second-order valence-corrected chi connectivity index (χ2v) is 7.46. The van der Waals surface area contributed by atoms with Crippen molar-refractivity contribution in [3.8, 4) is 0 Å². The highest BCUT2D eigenvalue weighted by Gasteiger charge is 2.30. The lowest BCUT2D eigenvalue weighted by Crippen LogP contribution is -2.39. The Morgan fingerprint density at radius 1 is 1.18 bits per heavy atom. The van der Waals surface area contributed by atoms with Gasteiger partial charge in [-0.3, -0.25) is 13.8 Å². The third kappa shape index (κ3) is 9.69. The van der Waals surface area contributed by atoms with Crippen LogP contribution in [0.25, 0.3) is 0 Å². The molecule has 130 valence electrons. The Bertz CT molecular complexity index is 481. The van der Waals surface area contributed by atoms with E-state index in [9.17, 15) is 18.0 Å². The van der Waals surface area contributed by atoms with Gasteiger partial charge < -0.3 is 15.2 Å². The van der Waals surface area contributed by atoms with Crippen molar-refractivity contribution in [2.45, 2.75) is 45.8 Å². The first-order valence-corrected chi connectivity index (χ1v) is 8.67. The van der Waals surface area contributed by atoms with E-state index in [1.165, 1.54) is 0 Å². The van der Waals surface area contributed by atoms with Gasteiger partial charge in [-0.05, 0) is 34.1 Å². The standard InChI is InChI=1S/C13H25NO7S/c1-6-19-12(16)10(14)7-9(8-20-22(5,17)18)11(15)21-13(2,3)4/h9-10H,6-8,14H2,1-5H3. The minimum Gasteiger partial charge on any atom is -0.465 e. The average Bonchev–Trinajstić information content (AvgIpc) is 2.30. The van der Waals surface area contributed by atoms with Crippen molar-refractivity contribution in [3.05, 3.63) is 0 Å². The Balaban J connectivity index is 4.92. The highest BCUT2D eigenvalue weighted by atomic mass is 32.2. The topological polar surface area (TPSA) is 122 Å². The van der Waals surface area contributed by atoms with Gasteiger partial charge in [0.25, 0.3) is 10.1 Å². The Morgan fingerprint density at radius 2 is 1.73 bits per heavy atom. The Hall–Kier alpha value is -1.19. The third-order valence-electron chi connectivity index (χ3n) is 2.35. The van der Waals surface area contributed by atoms with E-state index in [1.54, 1.807) is 27.7 Å². The van der Waals surface area contributed by atoms with Crippen LogP contribution < -0.4 is 5.73 Å². The summed E-state index contributed by atoms with van der Waals surface area (Å²) in [7, 11) is -3.73. The van der Waals surface area contributed by atoms with Gasteiger partial charge in [0, 0.05) is 0 Å². The van der Waals surface area contributed by atoms with Crippen molar-refractivity contribution in [1.82, 2.24) is 0 Å². The minimum absolute atomic E-state index is 0.136. The first-order valence-electron chi connectivity index (χ1n) is 6.85. The highest BCUT2D eigenvalue weighted by Crippen LogP contribution is 2.16. The van der Waals surface area contributed by atoms with Gasteiger partial charge in [0.05, 0.1) is 25.4 Å². The zero-order valence-corrected chi connectivity index (χ0v) is 14.4. The Labute approximate surface area is 131 Å². The van der Waals surface area contributed by atoms with Crippen molar-refractivity contribution >= 4 is 22.1 Å². The van der Waals surface area contributed by atoms with Crippen LogP contribution in [0, 0.1) is 5.92 Å². The second kappa shape index (κ2) is 8.44. The number of carbonyl (C=O) groups is 2. The molecule has 0 radical (unpaired) electrons. The summed E-state index contributed by atoms with van der Waals surface area (Å²) in [4.78, 5) is 23.6. The van der Waals surface area contributed by atoms with Crippen molar-refractivity contribution in [2.75, 3.05) is 19.5 Å². The number of hydrogen-bond donors (Lipinski definition) is 1. The van der Waals surface area contributed by atoms with E-state index in [0.717, 1.165) is 6.26 Å². The molecule has 0 rings (SSSR count). The van der Waals surface area contributed by atoms with Crippen LogP contribution in [0.5, 0.6) is 0 Å². The summed E-state index contributed by atoms with van der Waals surface area (Å²) in [5.74, 6) is -2.35. The maximum Gasteiger partial charge on any atom is 0.322 e. The molecule has 2 unspecified atom stereocenters.